The summed E-state index contributed by atoms with van der Waals surface area (Å²) in [4.78, 5) is 19.4. The third-order valence-corrected chi connectivity index (χ3v) is 2.94. The first-order chi connectivity index (χ1) is 7.66. The van der Waals surface area contributed by atoms with Crippen LogP contribution in [0.1, 0.15) is 12.8 Å². The molecule has 0 saturated carbocycles. The van der Waals surface area contributed by atoms with Crippen LogP contribution in [0.4, 0.5) is 11.8 Å². The van der Waals surface area contributed by atoms with Crippen LogP contribution >= 0.6 is 15.9 Å². The van der Waals surface area contributed by atoms with Crippen LogP contribution in [0.3, 0.4) is 0 Å². The van der Waals surface area contributed by atoms with E-state index in [1.807, 2.05) is 0 Å². The summed E-state index contributed by atoms with van der Waals surface area (Å²) >= 11 is 3.30. The zero-order chi connectivity index (χ0) is 11.5. The molecule has 1 aliphatic heterocycles. The molecular weight excluding hydrogens is 274 g/mol. The van der Waals surface area contributed by atoms with E-state index < -0.39 is 0 Å². The van der Waals surface area contributed by atoms with Crippen LogP contribution in [0.5, 0.6) is 0 Å². The van der Waals surface area contributed by atoms with Crippen molar-refractivity contribution in [3.05, 3.63) is 10.7 Å². The molecule has 1 aliphatic rings. The van der Waals surface area contributed by atoms with E-state index in [0.717, 1.165) is 19.4 Å². The number of carbonyl (C=O) groups is 1. The molecule has 2 rings (SSSR count). The number of nitrogen functional groups attached to an aromatic ring is 1. The smallest absolute Gasteiger partial charge is 0.242 e. The van der Waals surface area contributed by atoms with Crippen molar-refractivity contribution in [1.29, 1.82) is 0 Å². The van der Waals surface area contributed by atoms with Crippen LogP contribution < -0.4 is 16.4 Å². The molecule has 86 valence electrons. The lowest BCUT2D eigenvalue weighted by molar-refractivity contribution is -0.123. The van der Waals surface area contributed by atoms with Crippen LogP contribution in [0.15, 0.2) is 10.7 Å². The maximum absolute atomic E-state index is 11.5. The Morgan fingerprint density at radius 2 is 2.44 bits per heavy atom. The number of nitrogens with one attached hydrogen (secondary N) is 2. The zero-order valence-electron chi connectivity index (χ0n) is 8.53. The van der Waals surface area contributed by atoms with E-state index >= 15 is 0 Å². The monoisotopic (exact) mass is 285 g/mol. The van der Waals surface area contributed by atoms with Crippen LogP contribution in [-0.2, 0) is 4.79 Å². The minimum atomic E-state index is -0.251. The van der Waals surface area contributed by atoms with E-state index in [0.29, 0.717) is 10.3 Å². The summed E-state index contributed by atoms with van der Waals surface area (Å²) in [7, 11) is 0. The van der Waals surface area contributed by atoms with Gasteiger partial charge in [0, 0.05) is 12.7 Å². The number of hydrogen-bond donors (Lipinski definition) is 3. The third-order valence-electron chi connectivity index (χ3n) is 2.36. The summed E-state index contributed by atoms with van der Waals surface area (Å²) in [5, 5.41) is 5.84. The number of hydrogen-bond acceptors (Lipinski definition) is 5. The molecule has 0 aliphatic carbocycles. The van der Waals surface area contributed by atoms with Gasteiger partial charge in [0.2, 0.25) is 11.9 Å². The second-order valence-corrected chi connectivity index (χ2v) is 4.41. The summed E-state index contributed by atoms with van der Waals surface area (Å²) in [6.45, 7) is 0.740. The van der Waals surface area contributed by atoms with Gasteiger partial charge in [0.15, 0.2) is 0 Å². The summed E-state index contributed by atoms with van der Waals surface area (Å²) in [6.07, 6.45) is 3.31. The van der Waals surface area contributed by atoms with Crippen LogP contribution in [0.25, 0.3) is 0 Å². The van der Waals surface area contributed by atoms with Crippen molar-refractivity contribution in [2.75, 3.05) is 17.6 Å². The molecular formula is C9H12BrN5O. The standard InChI is InChI=1S/C9H12BrN5O/c10-5-4-13-9(11)15-7(5)14-6-2-1-3-12-8(6)16/h4,6H,1-3H2,(H,12,16)(H3,11,13,14,15). The second-order valence-electron chi connectivity index (χ2n) is 3.55. The molecule has 0 radical (unpaired) electrons. The first-order valence-corrected chi connectivity index (χ1v) is 5.78. The molecule has 0 spiro atoms. The number of rotatable bonds is 2. The first kappa shape index (κ1) is 11.1. The maximum atomic E-state index is 11.5. The van der Waals surface area contributed by atoms with Crippen molar-refractivity contribution in [1.82, 2.24) is 15.3 Å². The molecule has 1 amide bonds. The molecule has 7 heteroatoms. The molecule has 4 N–H and O–H groups in total. The summed E-state index contributed by atoms with van der Waals surface area (Å²) in [6, 6.07) is -0.251. The van der Waals surface area contributed by atoms with Crippen LogP contribution in [0.2, 0.25) is 0 Å². The SMILES string of the molecule is Nc1ncc(Br)c(NC2CCCNC2=O)n1. The highest BCUT2D eigenvalue weighted by Gasteiger charge is 2.22. The normalized spacial score (nSPS) is 20.3. The third kappa shape index (κ3) is 2.41. The van der Waals surface area contributed by atoms with Crippen molar-refractivity contribution in [3.8, 4) is 0 Å². The molecule has 1 unspecified atom stereocenters. The highest BCUT2D eigenvalue weighted by molar-refractivity contribution is 9.10. The fourth-order valence-corrected chi connectivity index (χ4v) is 1.86. The first-order valence-electron chi connectivity index (χ1n) is 4.99. The van der Waals surface area contributed by atoms with Gasteiger partial charge in [-0.05, 0) is 28.8 Å². The van der Waals surface area contributed by atoms with Gasteiger partial charge in [0.05, 0.1) is 4.47 Å². The fraction of sp³-hybridized carbons (Fsp3) is 0.444. The molecule has 6 nitrogen and oxygen atoms in total. The van der Waals surface area contributed by atoms with Gasteiger partial charge in [-0.1, -0.05) is 0 Å². The second kappa shape index (κ2) is 4.65. The molecule has 16 heavy (non-hydrogen) atoms. The minimum absolute atomic E-state index is 0.00432. The Hall–Kier alpha value is -1.37. The number of anilines is 2. The average molecular weight is 286 g/mol. The van der Waals surface area contributed by atoms with Crippen molar-refractivity contribution in [2.45, 2.75) is 18.9 Å². The highest BCUT2D eigenvalue weighted by Crippen LogP contribution is 2.21. The summed E-state index contributed by atoms with van der Waals surface area (Å²) in [5.41, 5.74) is 5.48. The van der Waals surface area contributed by atoms with Gasteiger partial charge >= 0.3 is 0 Å². The predicted octanol–water partition coefficient (Wildman–Crippen LogP) is 0.512. The van der Waals surface area contributed by atoms with Crippen molar-refractivity contribution < 1.29 is 4.79 Å². The summed E-state index contributed by atoms with van der Waals surface area (Å²) in [5.74, 6) is 0.729. The quantitative estimate of drug-likeness (QED) is 0.736. The van der Waals surface area contributed by atoms with Crippen molar-refractivity contribution in [2.24, 2.45) is 0 Å². The average Bonchev–Trinajstić information content (AvgIpc) is 2.27. The summed E-state index contributed by atoms with van der Waals surface area (Å²) < 4.78 is 0.695. The number of halogens is 1. The molecule has 1 saturated heterocycles. The maximum Gasteiger partial charge on any atom is 0.242 e. The Morgan fingerprint density at radius 3 is 3.19 bits per heavy atom. The van der Waals surface area contributed by atoms with Gasteiger partial charge in [-0.15, -0.1) is 0 Å². The number of amides is 1. The van der Waals surface area contributed by atoms with Gasteiger partial charge in [0.25, 0.3) is 0 Å². The van der Waals surface area contributed by atoms with Crippen LogP contribution in [-0.4, -0.2) is 28.5 Å². The van der Waals surface area contributed by atoms with E-state index in [4.69, 9.17) is 5.73 Å². The minimum Gasteiger partial charge on any atom is -0.368 e. The number of carbonyl (C=O) groups excluding carboxylic acids is 1. The fourth-order valence-electron chi connectivity index (χ4n) is 1.56. The number of piperidine rings is 1. The van der Waals surface area contributed by atoms with Gasteiger partial charge in [-0.25, -0.2) is 4.98 Å². The number of nitrogens with zero attached hydrogens (tertiary/aromatic N) is 2. The molecule has 1 aromatic rings. The van der Waals surface area contributed by atoms with Crippen LogP contribution in [0, 0.1) is 0 Å². The largest absolute Gasteiger partial charge is 0.368 e. The number of aromatic nitrogens is 2. The highest BCUT2D eigenvalue weighted by atomic mass is 79.9. The van der Waals surface area contributed by atoms with Gasteiger partial charge in [-0.2, -0.15) is 4.98 Å². The van der Waals surface area contributed by atoms with E-state index in [2.05, 4.69) is 36.5 Å². The Labute approximate surface area is 101 Å². The predicted molar refractivity (Wildman–Crippen MR) is 63.8 cm³/mol. The van der Waals surface area contributed by atoms with E-state index in [9.17, 15) is 4.79 Å². The van der Waals surface area contributed by atoms with Crippen molar-refractivity contribution in [3.63, 3.8) is 0 Å². The number of nitrogens with two attached hydrogens (primary N) is 1. The topological polar surface area (TPSA) is 92.9 Å². The lowest BCUT2D eigenvalue weighted by Crippen LogP contribution is -2.44. The van der Waals surface area contributed by atoms with Crippen molar-refractivity contribution >= 4 is 33.6 Å². The Balaban J connectivity index is 2.13. The lowest BCUT2D eigenvalue weighted by atomic mass is 10.1. The molecule has 0 aromatic carbocycles. The van der Waals surface area contributed by atoms with E-state index in [1.54, 1.807) is 6.20 Å². The Kier molecular flexibility index (Phi) is 3.23. The molecule has 0 bridgehead atoms. The van der Waals surface area contributed by atoms with Gasteiger partial charge in [0.1, 0.15) is 11.9 Å². The van der Waals surface area contributed by atoms with E-state index in [-0.39, 0.29) is 17.9 Å². The van der Waals surface area contributed by atoms with Gasteiger partial charge in [-0.3, -0.25) is 4.79 Å². The molecule has 2 heterocycles. The molecule has 1 aromatic heterocycles. The lowest BCUT2D eigenvalue weighted by Gasteiger charge is -2.23. The Morgan fingerprint density at radius 1 is 1.62 bits per heavy atom. The zero-order valence-corrected chi connectivity index (χ0v) is 10.1. The van der Waals surface area contributed by atoms with Gasteiger partial charge < -0.3 is 16.4 Å². The molecule has 1 fully saturated rings. The Bertz CT molecular complexity index is 411. The molecule has 1 atom stereocenters. The van der Waals surface area contributed by atoms with E-state index in [1.165, 1.54) is 0 Å².